The van der Waals surface area contributed by atoms with E-state index in [9.17, 15) is 4.79 Å². The molecule has 3 N–H and O–H groups in total. The van der Waals surface area contributed by atoms with Crippen molar-refractivity contribution in [2.45, 2.75) is 46.7 Å². The number of aliphatic hydroxyl groups is 1. The zero-order valence-electron chi connectivity index (χ0n) is 12.0. The minimum Gasteiger partial charge on any atom is -0.448 e. The van der Waals surface area contributed by atoms with E-state index in [-0.39, 0.29) is 24.1 Å². The quantitative estimate of drug-likeness (QED) is 0.757. The number of rotatable bonds is 5. The van der Waals surface area contributed by atoms with Crippen molar-refractivity contribution in [3.05, 3.63) is 17.8 Å². The van der Waals surface area contributed by atoms with E-state index >= 15 is 0 Å². The average molecular weight is 269 g/mol. The summed E-state index contributed by atoms with van der Waals surface area (Å²) in [6, 6.07) is -0.355. The van der Waals surface area contributed by atoms with Crippen molar-refractivity contribution in [3.63, 3.8) is 0 Å². The van der Waals surface area contributed by atoms with Crippen molar-refractivity contribution in [1.82, 2.24) is 15.6 Å². The number of nitrogens with zero attached hydrogens (tertiary/aromatic N) is 1. The lowest BCUT2D eigenvalue weighted by atomic mass is 9.85. The lowest BCUT2D eigenvalue weighted by molar-refractivity contribution is 0.189. The lowest BCUT2D eigenvalue weighted by Gasteiger charge is -2.31. The lowest BCUT2D eigenvalue weighted by Crippen LogP contribution is -2.48. The summed E-state index contributed by atoms with van der Waals surface area (Å²) in [7, 11) is 0. The topological polar surface area (TPSA) is 87.4 Å². The molecule has 0 aliphatic carbocycles. The molecule has 2 amide bonds. The summed E-state index contributed by atoms with van der Waals surface area (Å²) in [5.74, 6) is 0.697. The molecule has 0 saturated carbocycles. The van der Waals surface area contributed by atoms with Crippen LogP contribution in [0.25, 0.3) is 0 Å². The maximum atomic E-state index is 11.8. The normalized spacial score (nSPS) is 13.1. The average Bonchev–Trinajstić information content (AvgIpc) is 2.70. The number of carbonyl (C=O) groups is 1. The second-order valence-electron chi connectivity index (χ2n) is 5.61. The molecule has 0 radical (unpaired) electrons. The molecule has 0 spiro atoms. The van der Waals surface area contributed by atoms with Crippen LogP contribution >= 0.6 is 0 Å². The SMILES string of the molecule is Cc1ocnc1CNC(=O)NC(CCO)C(C)(C)C. The minimum absolute atomic E-state index is 0.0462. The van der Waals surface area contributed by atoms with Gasteiger partial charge in [0.2, 0.25) is 0 Å². The number of nitrogens with one attached hydrogen (secondary N) is 2. The first-order valence-corrected chi connectivity index (χ1v) is 6.38. The third-order valence-electron chi connectivity index (χ3n) is 3.03. The maximum Gasteiger partial charge on any atom is 0.315 e. The van der Waals surface area contributed by atoms with Gasteiger partial charge in [-0.05, 0) is 18.8 Å². The van der Waals surface area contributed by atoms with Crippen molar-refractivity contribution >= 4 is 6.03 Å². The van der Waals surface area contributed by atoms with Gasteiger partial charge < -0.3 is 20.2 Å². The zero-order chi connectivity index (χ0) is 14.5. The second kappa shape index (κ2) is 6.56. The smallest absolute Gasteiger partial charge is 0.315 e. The molecule has 6 nitrogen and oxygen atoms in total. The van der Waals surface area contributed by atoms with Gasteiger partial charge in [-0.3, -0.25) is 0 Å². The third kappa shape index (κ3) is 4.90. The molecule has 108 valence electrons. The Morgan fingerprint density at radius 1 is 1.53 bits per heavy atom. The molecular weight excluding hydrogens is 246 g/mol. The van der Waals surface area contributed by atoms with Crippen LogP contribution < -0.4 is 10.6 Å². The number of hydrogen-bond donors (Lipinski definition) is 3. The molecule has 6 heteroatoms. The molecule has 1 rings (SSSR count). The summed E-state index contributed by atoms with van der Waals surface area (Å²) in [5, 5.41) is 14.6. The highest BCUT2D eigenvalue weighted by molar-refractivity contribution is 5.74. The highest BCUT2D eigenvalue weighted by atomic mass is 16.3. The van der Waals surface area contributed by atoms with Gasteiger partial charge >= 0.3 is 6.03 Å². The van der Waals surface area contributed by atoms with Crippen LogP contribution in [-0.4, -0.2) is 28.8 Å². The van der Waals surface area contributed by atoms with E-state index in [1.807, 2.05) is 20.8 Å². The van der Waals surface area contributed by atoms with Crippen LogP contribution in [0.15, 0.2) is 10.8 Å². The molecule has 1 atom stereocenters. The van der Waals surface area contributed by atoms with Gasteiger partial charge in [0.05, 0.1) is 6.54 Å². The Balaban J connectivity index is 2.47. The van der Waals surface area contributed by atoms with Gasteiger partial charge in [-0.15, -0.1) is 0 Å². The van der Waals surface area contributed by atoms with E-state index in [0.29, 0.717) is 24.4 Å². The van der Waals surface area contributed by atoms with Gasteiger partial charge in [-0.2, -0.15) is 0 Å². The van der Waals surface area contributed by atoms with Crippen LogP contribution in [0.2, 0.25) is 0 Å². The van der Waals surface area contributed by atoms with Gasteiger partial charge in [0.15, 0.2) is 6.39 Å². The number of hydrogen-bond acceptors (Lipinski definition) is 4. The maximum absolute atomic E-state index is 11.8. The molecule has 19 heavy (non-hydrogen) atoms. The molecule has 0 aromatic carbocycles. The highest BCUT2D eigenvalue weighted by Crippen LogP contribution is 2.21. The fourth-order valence-corrected chi connectivity index (χ4v) is 1.72. The zero-order valence-corrected chi connectivity index (χ0v) is 12.0. The van der Waals surface area contributed by atoms with E-state index < -0.39 is 0 Å². The molecule has 0 aliphatic rings. The number of aromatic nitrogens is 1. The number of aryl methyl sites for hydroxylation is 1. The first-order valence-electron chi connectivity index (χ1n) is 6.38. The largest absolute Gasteiger partial charge is 0.448 e. The Labute approximate surface area is 113 Å². The number of aliphatic hydroxyl groups excluding tert-OH is 1. The van der Waals surface area contributed by atoms with Crippen molar-refractivity contribution in [1.29, 1.82) is 0 Å². The van der Waals surface area contributed by atoms with Crippen LogP contribution in [-0.2, 0) is 6.54 Å². The molecule has 1 unspecified atom stereocenters. The van der Waals surface area contributed by atoms with Crippen molar-refractivity contribution < 1.29 is 14.3 Å². The highest BCUT2D eigenvalue weighted by Gasteiger charge is 2.25. The Kier molecular flexibility index (Phi) is 5.35. The molecule has 0 aliphatic heterocycles. The van der Waals surface area contributed by atoms with Crippen LogP contribution in [0.1, 0.15) is 38.6 Å². The molecule has 0 saturated heterocycles. The van der Waals surface area contributed by atoms with E-state index in [2.05, 4.69) is 15.6 Å². The Bertz CT molecular complexity index is 410. The second-order valence-corrected chi connectivity index (χ2v) is 5.61. The monoisotopic (exact) mass is 269 g/mol. The van der Waals surface area contributed by atoms with Crippen molar-refractivity contribution in [2.24, 2.45) is 5.41 Å². The Hall–Kier alpha value is -1.56. The van der Waals surface area contributed by atoms with Gasteiger partial charge in [-0.25, -0.2) is 9.78 Å². The molecule has 0 fully saturated rings. The number of urea groups is 1. The van der Waals surface area contributed by atoms with Crippen LogP contribution in [0.3, 0.4) is 0 Å². The standard InChI is InChI=1S/C13H23N3O3/c1-9-10(15-8-19-9)7-14-12(18)16-11(5-6-17)13(2,3)4/h8,11,17H,5-7H2,1-4H3,(H2,14,16,18). The van der Waals surface area contributed by atoms with Gasteiger partial charge in [-0.1, -0.05) is 20.8 Å². The first-order chi connectivity index (χ1) is 8.84. The fourth-order valence-electron chi connectivity index (χ4n) is 1.72. The Morgan fingerprint density at radius 3 is 2.68 bits per heavy atom. The predicted octanol–water partition coefficient (Wildman–Crippen LogP) is 1.58. The predicted molar refractivity (Wildman–Crippen MR) is 71.6 cm³/mol. The summed E-state index contributed by atoms with van der Waals surface area (Å²) in [5.41, 5.74) is 0.605. The Morgan fingerprint density at radius 2 is 2.21 bits per heavy atom. The summed E-state index contributed by atoms with van der Waals surface area (Å²) < 4.78 is 5.05. The first kappa shape index (κ1) is 15.5. The molecule has 1 aromatic heterocycles. The van der Waals surface area contributed by atoms with Crippen LogP contribution in [0.5, 0.6) is 0 Å². The fraction of sp³-hybridized carbons (Fsp3) is 0.692. The van der Waals surface area contributed by atoms with E-state index in [4.69, 9.17) is 9.52 Å². The number of carbonyl (C=O) groups excluding carboxylic acids is 1. The summed E-state index contributed by atoms with van der Waals surface area (Å²) in [6.45, 7) is 8.24. The van der Waals surface area contributed by atoms with Gasteiger partial charge in [0.1, 0.15) is 11.5 Å². The third-order valence-corrected chi connectivity index (χ3v) is 3.03. The number of amides is 2. The number of oxazole rings is 1. The summed E-state index contributed by atoms with van der Waals surface area (Å²) >= 11 is 0. The van der Waals surface area contributed by atoms with E-state index in [1.165, 1.54) is 6.39 Å². The van der Waals surface area contributed by atoms with Crippen LogP contribution in [0, 0.1) is 12.3 Å². The molecule has 0 bridgehead atoms. The van der Waals surface area contributed by atoms with Gasteiger partial charge in [0.25, 0.3) is 0 Å². The van der Waals surface area contributed by atoms with E-state index in [1.54, 1.807) is 6.92 Å². The molecular formula is C13H23N3O3. The molecule has 1 aromatic rings. The van der Waals surface area contributed by atoms with Crippen molar-refractivity contribution in [3.8, 4) is 0 Å². The van der Waals surface area contributed by atoms with Crippen molar-refractivity contribution in [2.75, 3.05) is 6.61 Å². The van der Waals surface area contributed by atoms with Gasteiger partial charge in [0, 0.05) is 12.6 Å². The van der Waals surface area contributed by atoms with E-state index in [0.717, 1.165) is 0 Å². The van der Waals surface area contributed by atoms with Crippen LogP contribution in [0.4, 0.5) is 4.79 Å². The summed E-state index contributed by atoms with van der Waals surface area (Å²) in [6.07, 6.45) is 1.88. The minimum atomic E-state index is -0.268. The molecule has 1 heterocycles. The summed E-state index contributed by atoms with van der Waals surface area (Å²) in [4.78, 5) is 15.8.